The van der Waals surface area contributed by atoms with Crippen molar-refractivity contribution in [2.45, 2.75) is 26.3 Å². The van der Waals surface area contributed by atoms with Crippen LogP contribution in [0.25, 0.3) is 11.6 Å². The van der Waals surface area contributed by atoms with Crippen LogP contribution < -0.4 is 5.73 Å². The minimum atomic E-state index is -0.221. The van der Waals surface area contributed by atoms with Crippen LogP contribution in [-0.4, -0.2) is 10.1 Å². The number of hydrogen-bond donors (Lipinski definition) is 1. The second kappa shape index (κ2) is 4.49. The van der Waals surface area contributed by atoms with Crippen molar-refractivity contribution in [3.05, 3.63) is 24.3 Å². The van der Waals surface area contributed by atoms with Gasteiger partial charge in [0, 0.05) is 0 Å². The maximum absolute atomic E-state index is 5.99. The fourth-order valence-electron chi connectivity index (χ4n) is 1.37. The van der Waals surface area contributed by atoms with Crippen molar-refractivity contribution in [1.29, 1.82) is 0 Å². The van der Waals surface area contributed by atoms with E-state index in [2.05, 4.69) is 24.0 Å². The molecule has 2 atom stereocenters. The summed E-state index contributed by atoms with van der Waals surface area (Å²) in [7, 11) is 0. The van der Waals surface area contributed by atoms with E-state index in [0.29, 0.717) is 23.4 Å². The van der Waals surface area contributed by atoms with Gasteiger partial charge in [-0.05, 0) is 18.1 Å². The van der Waals surface area contributed by atoms with E-state index in [0.717, 1.165) is 6.42 Å². The standard InChI is InChI=1S/C11H15N3O2/c1-3-7(2)9(12)11-13-10(14-16-11)8-5-4-6-15-8/h4-7,9H,3,12H2,1-2H3/t7?,9-/m0/s1. The number of aromatic nitrogens is 2. The number of rotatable bonds is 4. The number of hydrogen-bond acceptors (Lipinski definition) is 5. The zero-order valence-electron chi connectivity index (χ0n) is 9.38. The van der Waals surface area contributed by atoms with Gasteiger partial charge in [0.2, 0.25) is 11.7 Å². The highest BCUT2D eigenvalue weighted by molar-refractivity contribution is 5.44. The van der Waals surface area contributed by atoms with Gasteiger partial charge >= 0.3 is 0 Å². The maximum atomic E-state index is 5.99. The Bertz CT molecular complexity index is 436. The third kappa shape index (κ3) is 1.99. The molecule has 5 nitrogen and oxygen atoms in total. The minimum absolute atomic E-state index is 0.221. The Morgan fingerprint density at radius 2 is 2.31 bits per heavy atom. The molecule has 0 spiro atoms. The average molecular weight is 221 g/mol. The molecule has 2 aromatic heterocycles. The predicted octanol–water partition coefficient (Wildman–Crippen LogP) is 2.38. The van der Waals surface area contributed by atoms with E-state index in [1.54, 1.807) is 18.4 Å². The Balaban J connectivity index is 2.20. The average Bonchev–Trinajstić information content (AvgIpc) is 2.96. The quantitative estimate of drug-likeness (QED) is 0.857. The van der Waals surface area contributed by atoms with E-state index in [-0.39, 0.29) is 6.04 Å². The molecule has 2 N–H and O–H groups in total. The molecule has 5 heteroatoms. The SMILES string of the molecule is CCC(C)[C@H](N)c1nc(-c2ccco2)no1. The Morgan fingerprint density at radius 3 is 2.94 bits per heavy atom. The largest absolute Gasteiger partial charge is 0.461 e. The molecule has 2 rings (SSSR count). The molecule has 0 saturated carbocycles. The van der Waals surface area contributed by atoms with Crippen molar-refractivity contribution < 1.29 is 8.94 Å². The first kappa shape index (κ1) is 10.9. The molecular weight excluding hydrogens is 206 g/mol. The summed E-state index contributed by atoms with van der Waals surface area (Å²) in [5.41, 5.74) is 5.99. The maximum Gasteiger partial charge on any atom is 0.244 e. The van der Waals surface area contributed by atoms with Crippen molar-refractivity contribution in [3.8, 4) is 11.6 Å². The first-order valence-corrected chi connectivity index (χ1v) is 5.35. The van der Waals surface area contributed by atoms with Crippen LogP contribution in [0.2, 0.25) is 0 Å². The van der Waals surface area contributed by atoms with Crippen LogP contribution in [0.1, 0.15) is 32.2 Å². The van der Waals surface area contributed by atoms with E-state index >= 15 is 0 Å². The van der Waals surface area contributed by atoms with Crippen molar-refractivity contribution in [2.24, 2.45) is 11.7 Å². The third-order valence-electron chi connectivity index (χ3n) is 2.73. The second-order valence-electron chi connectivity index (χ2n) is 3.84. The Hall–Kier alpha value is -1.62. The highest BCUT2D eigenvalue weighted by Crippen LogP contribution is 2.23. The lowest BCUT2D eigenvalue weighted by Crippen LogP contribution is -2.18. The van der Waals surface area contributed by atoms with E-state index in [1.165, 1.54) is 0 Å². The first-order valence-electron chi connectivity index (χ1n) is 5.35. The van der Waals surface area contributed by atoms with Crippen LogP contribution in [0.15, 0.2) is 27.3 Å². The second-order valence-corrected chi connectivity index (χ2v) is 3.84. The predicted molar refractivity (Wildman–Crippen MR) is 58.4 cm³/mol. The monoisotopic (exact) mass is 221 g/mol. The fraction of sp³-hybridized carbons (Fsp3) is 0.455. The molecule has 0 aliphatic carbocycles. The summed E-state index contributed by atoms with van der Waals surface area (Å²) in [6.07, 6.45) is 2.54. The zero-order valence-corrected chi connectivity index (χ0v) is 9.38. The van der Waals surface area contributed by atoms with Crippen LogP contribution in [-0.2, 0) is 0 Å². The number of nitrogens with zero attached hydrogens (tertiary/aromatic N) is 2. The molecule has 0 bridgehead atoms. The molecule has 0 aliphatic rings. The molecule has 0 aromatic carbocycles. The Kier molecular flexibility index (Phi) is 3.05. The molecular formula is C11H15N3O2. The number of nitrogens with two attached hydrogens (primary N) is 1. The summed E-state index contributed by atoms with van der Waals surface area (Å²) in [6.45, 7) is 4.13. The third-order valence-corrected chi connectivity index (χ3v) is 2.73. The summed E-state index contributed by atoms with van der Waals surface area (Å²) < 4.78 is 10.3. The molecule has 0 saturated heterocycles. The van der Waals surface area contributed by atoms with Gasteiger partial charge in [-0.3, -0.25) is 0 Å². The van der Waals surface area contributed by atoms with E-state index in [1.807, 2.05) is 0 Å². The highest BCUT2D eigenvalue weighted by atomic mass is 16.5. The first-order chi connectivity index (χ1) is 7.72. The van der Waals surface area contributed by atoms with E-state index < -0.39 is 0 Å². The molecule has 0 fully saturated rings. The van der Waals surface area contributed by atoms with Crippen LogP contribution in [0.4, 0.5) is 0 Å². The van der Waals surface area contributed by atoms with E-state index in [4.69, 9.17) is 14.7 Å². The smallest absolute Gasteiger partial charge is 0.244 e. The van der Waals surface area contributed by atoms with Gasteiger partial charge in [-0.2, -0.15) is 4.98 Å². The topological polar surface area (TPSA) is 78.1 Å². The normalized spacial score (nSPS) is 14.9. The fourth-order valence-corrected chi connectivity index (χ4v) is 1.37. The van der Waals surface area contributed by atoms with E-state index in [9.17, 15) is 0 Å². The van der Waals surface area contributed by atoms with Crippen LogP contribution in [0, 0.1) is 5.92 Å². The minimum Gasteiger partial charge on any atom is -0.461 e. The lowest BCUT2D eigenvalue weighted by Gasteiger charge is -2.12. The molecule has 1 unspecified atom stereocenters. The molecule has 0 radical (unpaired) electrons. The lowest BCUT2D eigenvalue weighted by molar-refractivity contribution is 0.312. The van der Waals surface area contributed by atoms with Crippen molar-refractivity contribution in [1.82, 2.24) is 10.1 Å². The molecule has 2 heterocycles. The molecule has 86 valence electrons. The Morgan fingerprint density at radius 1 is 1.50 bits per heavy atom. The van der Waals surface area contributed by atoms with Crippen molar-refractivity contribution in [3.63, 3.8) is 0 Å². The van der Waals surface area contributed by atoms with Crippen LogP contribution in [0.3, 0.4) is 0 Å². The summed E-state index contributed by atoms with van der Waals surface area (Å²) >= 11 is 0. The molecule has 0 amide bonds. The van der Waals surface area contributed by atoms with Gasteiger partial charge in [0.15, 0.2) is 5.76 Å². The highest BCUT2D eigenvalue weighted by Gasteiger charge is 2.21. The molecule has 16 heavy (non-hydrogen) atoms. The molecule has 0 aliphatic heterocycles. The summed E-state index contributed by atoms with van der Waals surface area (Å²) in [6, 6.07) is 3.34. The van der Waals surface area contributed by atoms with Gasteiger partial charge in [-0.15, -0.1) is 0 Å². The van der Waals surface area contributed by atoms with Gasteiger partial charge in [-0.1, -0.05) is 25.4 Å². The lowest BCUT2D eigenvalue weighted by atomic mass is 10.0. The summed E-state index contributed by atoms with van der Waals surface area (Å²) in [5.74, 6) is 1.80. The summed E-state index contributed by atoms with van der Waals surface area (Å²) in [5, 5.41) is 3.84. The molecule has 2 aromatic rings. The number of furan rings is 1. The van der Waals surface area contributed by atoms with Gasteiger partial charge in [0.1, 0.15) is 0 Å². The van der Waals surface area contributed by atoms with Crippen molar-refractivity contribution in [2.75, 3.05) is 0 Å². The van der Waals surface area contributed by atoms with Gasteiger partial charge < -0.3 is 14.7 Å². The van der Waals surface area contributed by atoms with Gasteiger partial charge in [0.25, 0.3) is 0 Å². The van der Waals surface area contributed by atoms with Crippen LogP contribution >= 0.6 is 0 Å². The van der Waals surface area contributed by atoms with Crippen molar-refractivity contribution >= 4 is 0 Å². The van der Waals surface area contributed by atoms with Crippen LogP contribution in [0.5, 0.6) is 0 Å². The Labute approximate surface area is 93.6 Å². The zero-order chi connectivity index (χ0) is 11.5. The van der Waals surface area contributed by atoms with Gasteiger partial charge in [-0.25, -0.2) is 0 Å². The summed E-state index contributed by atoms with van der Waals surface area (Å²) in [4.78, 5) is 4.23. The van der Waals surface area contributed by atoms with Gasteiger partial charge in [0.05, 0.1) is 12.3 Å².